The van der Waals surface area contributed by atoms with Gasteiger partial charge in [-0.2, -0.15) is 0 Å². The fourth-order valence-corrected chi connectivity index (χ4v) is 0.303. The molecule has 0 aromatic rings. The zero-order valence-corrected chi connectivity index (χ0v) is 9.78. The van der Waals surface area contributed by atoms with Gasteiger partial charge in [0.25, 0.3) is 0 Å². The average molecular weight is 214 g/mol. The molecule has 0 saturated heterocycles. The Morgan fingerprint density at radius 2 is 1.20 bits per heavy atom. The molecule has 0 amide bonds. The van der Waals surface area contributed by atoms with Gasteiger partial charge in [-0.1, -0.05) is 25.3 Å². The Morgan fingerprint density at radius 3 is 1.33 bits per heavy atom. The van der Waals surface area contributed by atoms with Crippen molar-refractivity contribution < 1.29 is 14.2 Å². The Morgan fingerprint density at radius 1 is 0.867 bits per heavy atom. The molecular formula is C12H22O3. The van der Waals surface area contributed by atoms with Crippen molar-refractivity contribution >= 4 is 0 Å². The number of ether oxygens (including phenoxy) is 3. The summed E-state index contributed by atoms with van der Waals surface area (Å²) in [5.41, 5.74) is 0. The lowest BCUT2D eigenvalue weighted by Crippen LogP contribution is -1.87. The number of hydrogen-bond donors (Lipinski definition) is 0. The largest absolute Gasteiger partial charge is 0.474 e. The first-order valence-electron chi connectivity index (χ1n) is 4.31. The van der Waals surface area contributed by atoms with E-state index in [0.29, 0.717) is 13.2 Å². The Bertz CT molecular complexity index is 128. The van der Waals surface area contributed by atoms with Crippen molar-refractivity contribution in [1.29, 1.82) is 0 Å². The number of rotatable bonds is 6. The molecule has 0 heterocycles. The van der Waals surface area contributed by atoms with Crippen molar-refractivity contribution in [2.75, 3.05) is 27.4 Å². The van der Waals surface area contributed by atoms with E-state index in [2.05, 4.69) is 35.8 Å². The van der Waals surface area contributed by atoms with Crippen molar-refractivity contribution in [2.24, 2.45) is 0 Å². The SMILES string of the molecule is C=CCOCC=C.C=COC=C.COC. The quantitative estimate of drug-likeness (QED) is 0.386. The summed E-state index contributed by atoms with van der Waals surface area (Å²) >= 11 is 0. The van der Waals surface area contributed by atoms with Crippen molar-refractivity contribution in [3.8, 4) is 0 Å². The lowest BCUT2D eigenvalue weighted by Gasteiger charge is -1.89. The number of methoxy groups -OCH3 is 1. The lowest BCUT2D eigenvalue weighted by molar-refractivity contribution is 0.194. The van der Waals surface area contributed by atoms with Crippen molar-refractivity contribution in [3.63, 3.8) is 0 Å². The maximum atomic E-state index is 4.90. The van der Waals surface area contributed by atoms with Crippen LogP contribution >= 0.6 is 0 Å². The van der Waals surface area contributed by atoms with Crippen molar-refractivity contribution in [2.45, 2.75) is 0 Å². The Kier molecular flexibility index (Phi) is 37.7. The zero-order chi connectivity index (χ0) is 12.4. The summed E-state index contributed by atoms with van der Waals surface area (Å²) in [7, 11) is 3.25. The van der Waals surface area contributed by atoms with Crippen molar-refractivity contribution in [1.82, 2.24) is 0 Å². The maximum Gasteiger partial charge on any atom is 0.0829 e. The minimum atomic E-state index is 0.617. The number of hydrogen-bond acceptors (Lipinski definition) is 3. The zero-order valence-electron chi connectivity index (χ0n) is 9.78. The van der Waals surface area contributed by atoms with Gasteiger partial charge in [0.05, 0.1) is 25.7 Å². The smallest absolute Gasteiger partial charge is 0.0829 e. The highest BCUT2D eigenvalue weighted by Gasteiger charge is 1.70. The van der Waals surface area contributed by atoms with Gasteiger partial charge in [-0.05, 0) is 0 Å². The van der Waals surface area contributed by atoms with E-state index in [1.54, 1.807) is 26.4 Å². The normalized spacial score (nSPS) is 6.80. The minimum Gasteiger partial charge on any atom is -0.474 e. The minimum absolute atomic E-state index is 0.617. The molecule has 3 heteroatoms. The molecular weight excluding hydrogens is 192 g/mol. The maximum absolute atomic E-state index is 4.90. The third-order valence-electron chi connectivity index (χ3n) is 0.664. The first-order valence-corrected chi connectivity index (χ1v) is 4.31. The summed E-state index contributed by atoms with van der Waals surface area (Å²) in [4.78, 5) is 0. The van der Waals surface area contributed by atoms with E-state index >= 15 is 0 Å². The molecule has 0 N–H and O–H groups in total. The standard InChI is InChI=1S/C6H10O.C4H6O.C2H6O/c1-3-5-7-6-4-2;1-3-5-4-2;1-3-2/h3-4H,1-2,5-6H2;3-4H,1-2H2;1-2H3. The molecule has 3 nitrogen and oxygen atoms in total. The van der Waals surface area contributed by atoms with E-state index in [1.807, 2.05) is 0 Å². The molecule has 0 saturated carbocycles. The molecule has 0 atom stereocenters. The van der Waals surface area contributed by atoms with E-state index < -0.39 is 0 Å². The first-order chi connectivity index (χ1) is 7.24. The van der Waals surface area contributed by atoms with Crippen LogP contribution in [-0.2, 0) is 14.2 Å². The summed E-state index contributed by atoms with van der Waals surface area (Å²) in [6.07, 6.45) is 6.05. The van der Waals surface area contributed by atoms with Crippen LogP contribution < -0.4 is 0 Å². The predicted molar refractivity (Wildman–Crippen MR) is 65.6 cm³/mol. The molecule has 88 valence electrons. The summed E-state index contributed by atoms with van der Waals surface area (Å²) in [5, 5.41) is 0. The van der Waals surface area contributed by atoms with Crippen LogP contribution in [-0.4, -0.2) is 27.4 Å². The van der Waals surface area contributed by atoms with Gasteiger partial charge >= 0.3 is 0 Å². The summed E-state index contributed by atoms with van der Waals surface area (Å²) in [5.74, 6) is 0. The van der Waals surface area contributed by atoms with Crippen LogP contribution in [0.4, 0.5) is 0 Å². The lowest BCUT2D eigenvalue weighted by atomic mass is 10.6. The fourth-order valence-electron chi connectivity index (χ4n) is 0.303. The van der Waals surface area contributed by atoms with Crippen LogP contribution in [0.5, 0.6) is 0 Å². The molecule has 0 aromatic carbocycles. The van der Waals surface area contributed by atoms with E-state index in [4.69, 9.17) is 4.74 Å². The van der Waals surface area contributed by atoms with Crippen LogP contribution in [0.15, 0.2) is 51.0 Å². The Hall–Kier alpha value is -1.32. The predicted octanol–water partition coefficient (Wildman–Crippen LogP) is 2.93. The van der Waals surface area contributed by atoms with E-state index in [9.17, 15) is 0 Å². The third kappa shape index (κ3) is 66.0. The Balaban J connectivity index is -0.000000158. The molecule has 0 radical (unpaired) electrons. The summed E-state index contributed by atoms with van der Waals surface area (Å²) in [6, 6.07) is 0. The molecule has 0 fully saturated rings. The van der Waals surface area contributed by atoms with Crippen LogP contribution in [0.1, 0.15) is 0 Å². The van der Waals surface area contributed by atoms with Crippen molar-refractivity contribution in [3.05, 3.63) is 51.0 Å². The first kappa shape index (κ1) is 19.3. The topological polar surface area (TPSA) is 27.7 Å². The van der Waals surface area contributed by atoms with Crippen LogP contribution in [0.25, 0.3) is 0 Å². The molecule has 0 aromatic heterocycles. The molecule has 0 aliphatic heterocycles. The van der Waals surface area contributed by atoms with Crippen LogP contribution in [0.3, 0.4) is 0 Å². The highest BCUT2D eigenvalue weighted by molar-refractivity contribution is 4.68. The molecule has 0 aliphatic carbocycles. The fraction of sp³-hybridized carbons (Fsp3) is 0.333. The molecule has 0 unspecified atom stereocenters. The highest BCUT2D eigenvalue weighted by Crippen LogP contribution is 1.72. The second kappa shape index (κ2) is 29.3. The second-order valence-electron chi connectivity index (χ2n) is 1.99. The van der Waals surface area contributed by atoms with Gasteiger partial charge in [0.2, 0.25) is 0 Å². The van der Waals surface area contributed by atoms with Gasteiger partial charge in [0.15, 0.2) is 0 Å². The third-order valence-corrected chi connectivity index (χ3v) is 0.664. The highest BCUT2D eigenvalue weighted by atomic mass is 16.5. The van der Waals surface area contributed by atoms with Gasteiger partial charge in [-0.3, -0.25) is 0 Å². The summed E-state index contributed by atoms with van der Waals surface area (Å²) < 4.78 is 13.5. The molecule has 0 aliphatic rings. The van der Waals surface area contributed by atoms with E-state index in [0.717, 1.165) is 0 Å². The average Bonchev–Trinajstić information content (AvgIpc) is 2.22. The monoisotopic (exact) mass is 214 g/mol. The second-order valence-corrected chi connectivity index (χ2v) is 1.99. The van der Waals surface area contributed by atoms with Gasteiger partial charge in [0.1, 0.15) is 0 Å². The molecule has 0 bridgehead atoms. The van der Waals surface area contributed by atoms with Gasteiger partial charge in [0, 0.05) is 14.2 Å². The van der Waals surface area contributed by atoms with Crippen LogP contribution in [0.2, 0.25) is 0 Å². The molecule has 0 spiro atoms. The van der Waals surface area contributed by atoms with Crippen LogP contribution in [0, 0.1) is 0 Å². The van der Waals surface area contributed by atoms with E-state index in [-0.39, 0.29) is 0 Å². The van der Waals surface area contributed by atoms with Gasteiger partial charge in [-0.15, -0.1) is 13.2 Å². The summed E-state index contributed by atoms with van der Waals surface area (Å²) in [6.45, 7) is 14.7. The molecule has 0 rings (SSSR count). The van der Waals surface area contributed by atoms with E-state index in [1.165, 1.54) is 12.5 Å². The Labute approximate surface area is 93.3 Å². The molecule has 15 heavy (non-hydrogen) atoms. The van der Waals surface area contributed by atoms with Gasteiger partial charge in [-0.25, -0.2) is 0 Å². The van der Waals surface area contributed by atoms with Gasteiger partial charge < -0.3 is 14.2 Å².